The third-order valence-electron chi connectivity index (χ3n) is 23.9. The molecule has 0 N–H and O–H groups in total. The van der Waals surface area contributed by atoms with Crippen molar-refractivity contribution < 1.29 is 48.4 Å². The number of aryl methyl sites for hydroxylation is 4. The van der Waals surface area contributed by atoms with E-state index >= 15 is 4.39 Å². The second-order valence-corrected chi connectivity index (χ2v) is 40.5. The Kier molecular flexibility index (Phi) is 28.3. The van der Waals surface area contributed by atoms with Gasteiger partial charge in [0.25, 0.3) is 0 Å². The number of para-hydroxylation sites is 1. The van der Waals surface area contributed by atoms with Gasteiger partial charge in [-0.25, -0.2) is 32.3 Å². The van der Waals surface area contributed by atoms with Crippen molar-refractivity contribution in [3.8, 4) is 33.8 Å². The van der Waals surface area contributed by atoms with Crippen molar-refractivity contribution >= 4 is 135 Å². The lowest BCUT2D eigenvalue weighted by Gasteiger charge is -2.46. The molecule has 5 aromatic carbocycles. The maximum atomic E-state index is 15.1. The number of amidine groups is 3. The number of carbonyl (C=O) groups is 3. The first-order valence-corrected chi connectivity index (χ1v) is 48.3. The predicted molar refractivity (Wildman–Crippen MR) is 515 cm³/mol. The topological polar surface area (TPSA) is 275 Å². The first kappa shape index (κ1) is 96.2. The first-order valence-electron chi connectivity index (χ1n) is 43.0. The fraction of sp³-hybridized carbons (Fsp3) is 0.354. The van der Waals surface area contributed by atoms with E-state index in [1.54, 1.807) is 87.6 Å². The molecule has 15 rings (SSSR count). The highest BCUT2D eigenvalue weighted by molar-refractivity contribution is 7.92. The SMILES string of the molecule is C=CC(=O)N1CC(C)N(C2=NS(=O)(=O)N(c3c(C)ccnc3C(C)C)c3nc(-c4ccccc4C)c(Cl)cc32)CC1C.C=CC(=O)N1CC(C)N(C2=NS(=O)(=O)N(c3c(CC)cccc3CC)c3nc(-c4ccccc4F)c(Cl)cc32)CC1C.C=CC(=O)N1CC(C)N(C2=NS(=O)(=O)N(c3ccc(CN(C)C)cc3C(C)(C)C)c3nc(-c4ccccc4F)c(Cl)cc32)CC1C. The largest absolute Gasteiger partial charge is 0.352 e. The summed E-state index contributed by atoms with van der Waals surface area (Å²) in [5.74, 6) is -0.690. The molecule has 0 bridgehead atoms. The van der Waals surface area contributed by atoms with E-state index in [4.69, 9.17) is 49.8 Å². The molecule has 34 heteroatoms. The second-order valence-electron chi connectivity index (χ2n) is 34.9. The lowest BCUT2D eigenvalue weighted by molar-refractivity contribution is -0.131. The number of carbonyl (C=O) groups excluding carboxylic acids is 3. The van der Waals surface area contributed by atoms with Crippen molar-refractivity contribution in [3.05, 3.63) is 260 Å². The number of benzene rings is 5. The average Bonchev–Trinajstić information content (AvgIpc) is 0.729. The Morgan fingerprint density at radius 1 is 0.477 bits per heavy atom. The number of anilines is 6. The van der Waals surface area contributed by atoms with Crippen molar-refractivity contribution in [2.45, 2.75) is 171 Å². The second kappa shape index (κ2) is 38.2. The molecule has 0 aliphatic carbocycles. The molecular formula is C96H108Cl3F2N17O9S3. The first-order chi connectivity index (χ1) is 61.4. The van der Waals surface area contributed by atoms with Crippen molar-refractivity contribution in [2.24, 2.45) is 13.2 Å². The molecule has 3 saturated heterocycles. The molecule has 3 amide bonds. The van der Waals surface area contributed by atoms with E-state index in [2.05, 4.69) is 37.9 Å². The summed E-state index contributed by atoms with van der Waals surface area (Å²) in [4.78, 5) is 69.5. The van der Waals surface area contributed by atoms with E-state index in [9.17, 15) is 44.0 Å². The third kappa shape index (κ3) is 18.9. The lowest BCUT2D eigenvalue weighted by atomic mass is 9.84. The summed E-state index contributed by atoms with van der Waals surface area (Å²) in [7, 11) is -9.18. The van der Waals surface area contributed by atoms with Crippen LogP contribution >= 0.6 is 34.8 Å². The van der Waals surface area contributed by atoms with Gasteiger partial charge < -0.3 is 34.3 Å². The Morgan fingerprint density at radius 2 is 0.846 bits per heavy atom. The highest BCUT2D eigenvalue weighted by Crippen LogP contribution is 2.49. The summed E-state index contributed by atoms with van der Waals surface area (Å²) < 4.78 is 133. The van der Waals surface area contributed by atoms with Crippen LogP contribution in [0.15, 0.2) is 191 Å². The number of piperazine rings is 3. The van der Waals surface area contributed by atoms with Crippen LogP contribution in [0.25, 0.3) is 33.8 Å². The molecule has 6 aliphatic heterocycles. The molecule has 26 nitrogen and oxygen atoms in total. The van der Waals surface area contributed by atoms with Crippen molar-refractivity contribution in [1.82, 2.24) is 54.2 Å². The Bertz CT molecular complexity index is 6270. The number of pyridine rings is 4. The summed E-state index contributed by atoms with van der Waals surface area (Å²) in [6.07, 6.45) is 6.68. The Morgan fingerprint density at radius 3 is 1.22 bits per heavy atom. The van der Waals surface area contributed by atoms with E-state index in [0.29, 0.717) is 109 Å². The van der Waals surface area contributed by atoms with Gasteiger partial charge in [0.15, 0.2) is 35.0 Å². The zero-order chi connectivity index (χ0) is 94.6. The molecule has 684 valence electrons. The molecule has 6 unspecified atom stereocenters. The fourth-order valence-corrected chi connectivity index (χ4v) is 22.1. The molecule has 4 aromatic heterocycles. The van der Waals surface area contributed by atoms with Crippen molar-refractivity contribution in [3.63, 3.8) is 0 Å². The number of fused-ring (bicyclic) bond motifs is 3. The van der Waals surface area contributed by atoms with Gasteiger partial charge in [0.05, 0.1) is 71.6 Å². The summed E-state index contributed by atoms with van der Waals surface area (Å²) in [6, 6.07) is 36.5. The smallest absolute Gasteiger partial charge is 0.349 e. The minimum atomic E-state index is -4.43. The summed E-state index contributed by atoms with van der Waals surface area (Å²) >= 11 is 20.5. The molecule has 6 atom stereocenters. The van der Waals surface area contributed by atoms with Gasteiger partial charge in [-0.2, -0.15) is 29.6 Å². The van der Waals surface area contributed by atoms with Gasteiger partial charge in [0.1, 0.15) is 11.6 Å². The van der Waals surface area contributed by atoms with Crippen LogP contribution in [0.5, 0.6) is 0 Å². The van der Waals surface area contributed by atoms with Gasteiger partial charge in [-0.15, -0.1) is 13.2 Å². The maximum absolute atomic E-state index is 15.1. The minimum absolute atomic E-state index is 0.0663. The van der Waals surface area contributed by atoms with Gasteiger partial charge in [-0.1, -0.05) is 182 Å². The molecule has 0 spiro atoms. The molecule has 6 aliphatic rings. The lowest BCUT2D eigenvalue weighted by Crippen LogP contribution is -2.60. The third-order valence-corrected chi connectivity index (χ3v) is 28.5. The predicted octanol–water partition coefficient (Wildman–Crippen LogP) is 17.9. The van der Waals surface area contributed by atoms with Crippen LogP contribution in [-0.4, -0.2) is 204 Å². The quantitative estimate of drug-likeness (QED) is 0.0915. The highest BCUT2D eigenvalue weighted by atomic mass is 35.5. The number of rotatable bonds is 14. The number of nitrogens with zero attached hydrogens (tertiary/aromatic N) is 17. The molecule has 9 aromatic rings. The van der Waals surface area contributed by atoms with E-state index in [1.807, 2.05) is 192 Å². The minimum Gasteiger partial charge on any atom is -0.349 e. The zero-order valence-corrected chi connectivity index (χ0v) is 80.6. The summed E-state index contributed by atoms with van der Waals surface area (Å²) in [6.45, 7) is 42.8. The van der Waals surface area contributed by atoms with Gasteiger partial charge in [0.2, 0.25) is 17.7 Å². The van der Waals surface area contributed by atoms with E-state index in [1.165, 1.54) is 39.0 Å². The molecular weight excluding hydrogens is 1780 g/mol. The van der Waals surface area contributed by atoms with Crippen molar-refractivity contribution in [1.29, 1.82) is 0 Å². The number of aromatic nitrogens is 4. The van der Waals surface area contributed by atoms with E-state index in [0.717, 1.165) is 43.2 Å². The van der Waals surface area contributed by atoms with Gasteiger partial charge in [-0.05, 0) is 200 Å². The molecule has 10 heterocycles. The van der Waals surface area contributed by atoms with Crippen LogP contribution in [0.2, 0.25) is 15.1 Å². The zero-order valence-electron chi connectivity index (χ0n) is 75.9. The number of hydrogen-bond donors (Lipinski definition) is 0. The van der Waals surface area contributed by atoms with Gasteiger partial charge >= 0.3 is 30.6 Å². The summed E-state index contributed by atoms with van der Waals surface area (Å²) in [5.41, 5.74) is 9.71. The molecule has 130 heavy (non-hydrogen) atoms. The van der Waals surface area contributed by atoms with Crippen LogP contribution in [0.4, 0.5) is 43.3 Å². The number of halogens is 5. The monoisotopic (exact) mass is 1880 g/mol. The molecule has 0 radical (unpaired) electrons. The normalized spacial score (nSPS) is 19.8. The fourth-order valence-electron chi connectivity index (χ4n) is 17.4. The van der Waals surface area contributed by atoms with Crippen LogP contribution < -0.4 is 12.9 Å². The van der Waals surface area contributed by atoms with Gasteiger partial charge in [-0.3, -0.25) is 19.4 Å². The van der Waals surface area contributed by atoms with Gasteiger partial charge in [0, 0.05) is 105 Å². The standard InChI is InChI=1S/C34H40ClFN6O3S.C31H33ClFN5O3S.C31H35ClN6O3S/c1-9-30(43)40-18-22(3)41(19-21(40)2)33-25-17-27(35)31(24-12-10-11-13-28(24)36)37-32(25)42(46(44,45)38-33)29-15-14-23(20-39(7)8)16-26(29)34(4,5)6;1-6-21-12-11-13-22(7-2)29(21)38-30-24(16-25(32)28(34-30)23-14-9-10-15-26(23)33)31(35-42(38,40)41)37-18-19(4)36(17-20(37)5)27(39)8-3;1-8-26(39)36-16-22(7)37(17-21(36)6)31-24-15-25(32)28(23-12-10-9-11-19(23)4)34-30(24)38(42(40,41)35-31)29-20(5)13-14-33-27(29)18(2)3/h9-17,21-22H,1,18-20H2,2-8H3;8-16,19-20H,3,6-7,17-18H2,1-2,4-5H3;8-15,18,21-22H,1,16-17H2,2-7H3. The van der Waals surface area contributed by atoms with Crippen LogP contribution in [0, 0.1) is 25.5 Å². The summed E-state index contributed by atoms with van der Waals surface area (Å²) in [5, 5.41) is 0.684. The molecule has 0 saturated carbocycles. The van der Waals surface area contributed by atoms with Crippen LogP contribution in [-0.2, 0) is 69.8 Å². The number of hydrogen-bond acceptors (Lipinski definition) is 17. The maximum Gasteiger partial charge on any atom is 0.352 e. The Hall–Kier alpha value is -11.3. The van der Waals surface area contributed by atoms with E-state index in [-0.39, 0.29) is 127 Å². The van der Waals surface area contributed by atoms with Crippen molar-refractivity contribution in [2.75, 3.05) is 66.3 Å². The number of amides is 3. The van der Waals surface area contributed by atoms with Crippen LogP contribution in [0.3, 0.4) is 0 Å². The highest BCUT2D eigenvalue weighted by Gasteiger charge is 2.48. The molecule has 3 fully saturated rings. The van der Waals surface area contributed by atoms with E-state index < -0.39 is 47.7 Å². The Labute approximate surface area is 776 Å². The van der Waals surface area contributed by atoms with Crippen LogP contribution in [0.1, 0.15) is 152 Å². The Balaban J connectivity index is 0.000000166. The average molecular weight is 1880 g/mol.